The van der Waals surface area contributed by atoms with Crippen LogP contribution in [0.2, 0.25) is 0 Å². The average molecular weight is 315 g/mol. The fraction of sp³-hybridized carbons (Fsp3) is 0.647. The van der Waals surface area contributed by atoms with Crippen molar-refractivity contribution in [1.82, 2.24) is 25.6 Å². The van der Waals surface area contributed by atoms with Crippen LogP contribution in [0.5, 0.6) is 0 Å². The first kappa shape index (κ1) is 15.1. The van der Waals surface area contributed by atoms with E-state index < -0.39 is 0 Å². The first-order chi connectivity index (χ1) is 11.3. The molecule has 4 rings (SSSR count). The number of carbonyl (C=O) groups excluding carboxylic acids is 1. The Morgan fingerprint density at radius 1 is 1.13 bits per heavy atom. The highest BCUT2D eigenvalue weighted by atomic mass is 16.2. The van der Waals surface area contributed by atoms with Gasteiger partial charge in [-0.25, -0.2) is 5.43 Å². The third kappa shape index (κ3) is 3.54. The normalized spacial score (nSPS) is 29.0. The minimum atomic E-state index is -0.0349. The summed E-state index contributed by atoms with van der Waals surface area (Å²) in [4.78, 5) is 21.1. The van der Waals surface area contributed by atoms with Gasteiger partial charge >= 0.3 is 0 Å². The molecule has 1 aromatic heterocycles. The van der Waals surface area contributed by atoms with Gasteiger partial charge in [0.1, 0.15) is 6.04 Å². The highest BCUT2D eigenvalue weighted by molar-refractivity contribution is 5.82. The van der Waals surface area contributed by atoms with Gasteiger partial charge in [0.05, 0.1) is 0 Å². The number of nitrogens with zero attached hydrogens (tertiary/aromatic N) is 3. The first-order valence-electron chi connectivity index (χ1n) is 8.71. The van der Waals surface area contributed by atoms with Crippen molar-refractivity contribution in [1.29, 1.82) is 0 Å². The summed E-state index contributed by atoms with van der Waals surface area (Å²) >= 11 is 0. The number of piperazine rings is 1. The van der Waals surface area contributed by atoms with Crippen LogP contribution in [0.15, 0.2) is 24.5 Å². The predicted octanol–water partition coefficient (Wildman–Crippen LogP) is 0.371. The van der Waals surface area contributed by atoms with Crippen LogP contribution in [0.3, 0.4) is 0 Å². The van der Waals surface area contributed by atoms with E-state index in [9.17, 15) is 4.79 Å². The zero-order valence-corrected chi connectivity index (χ0v) is 13.4. The highest BCUT2D eigenvalue weighted by Crippen LogP contribution is 2.35. The van der Waals surface area contributed by atoms with Gasteiger partial charge in [0.25, 0.3) is 0 Å². The summed E-state index contributed by atoms with van der Waals surface area (Å²) in [5.41, 5.74) is 7.82. The Balaban J connectivity index is 1.25. The molecule has 0 spiro atoms. The van der Waals surface area contributed by atoms with Gasteiger partial charge in [-0.15, -0.1) is 0 Å². The molecule has 2 N–H and O–H groups in total. The molecule has 3 fully saturated rings. The molecular weight excluding hydrogens is 290 g/mol. The molecule has 3 heterocycles. The maximum absolute atomic E-state index is 12.7. The molecule has 2 saturated heterocycles. The number of hydrogen-bond acceptors (Lipinski definition) is 5. The lowest BCUT2D eigenvalue weighted by Gasteiger charge is -2.35. The van der Waals surface area contributed by atoms with E-state index in [-0.39, 0.29) is 11.9 Å². The molecule has 0 aromatic carbocycles. The highest BCUT2D eigenvalue weighted by Gasteiger charge is 2.40. The van der Waals surface area contributed by atoms with E-state index in [1.807, 2.05) is 17.3 Å². The summed E-state index contributed by atoms with van der Waals surface area (Å²) in [6, 6.07) is 4.58. The molecular formula is C17H25N5O. The van der Waals surface area contributed by atoms with Gasteiger partial charge in [-0.1, -0.05) is 0 Å². The Labute approximate surface area is 137 Å². The lowest BCUT2D eigenvalue weighted by atomic mass is 10.1. The molecule has 3 aliphatic rings. The summed E-state index contributed by atoms with van der Waals surface area (Å²) in [6.07, 6.45) is 7.25. The van der Waals surface area contributed by atoms with Crippen LogP contribution in [0.4, 0.5) is 0 Å². The molecule has 1 saturated carbocycles. The Kier molecular flexibility index (Phi) is 4.29. The Morgan fingerprint density at radius 2 is 1.87 bits per heavy atom. The molecule has 0 radical (unpaired) electrons. The monoisotopic (exact) mass is 315 g/mol. The number of carbonyl (C=O) groups is 1. The molecule has 1 amide bonds. The van der Waals surface area contributed by atoms with E-state index in [1.54, 1.807) is 0 Å². The quantitative estimate of drug-likeness (QED) is 0.841. The predicted molar refractivity (Wildman–Crippen MR) is 87.3 cm³/mol. The summed E-state index contributed by atoms with van der Waals surface area (Å²) in [7, 11) is 0. The fourth-order valence-corrected chi connectivity index (χ4v) is 3.64. The molecule has 2 aliphatic heterocycles. The number of hydrogen-bond donors (Lipinski definition) is 2. The van der Waals surface area contributed by atoms with E-state index in [0.717, 1.165) is 45.1 Å². The summed E-state index contributed by atoms with van der Waals surface area (Å²) in [6.45, 7) is 4.49. The van der Waals surface area contributed by atoms with Crippen LogP contribution in [0, 0.1) is 5.92 Å². The minimum absolute atomic E-state index is 0.0349. The zero-order chi connectivity index (χ0) is 15.6. The van der Waals surface area contributed by atoms with Crippen LogP contribution >= 0.6 is 0 Å². The number of rotatable bonds is 4. The van der Waals surface area contributed by atoms with Crippen molar-refractivity contribution in [2.75, 3.05) is 26.2 Å². The molecule has 6 heteroatoms. The molecule has 6 nitrogen and oxygen atoms in total. The molecule has 2 unspecified atom stereocenters. The molecule has 1 aromatic rings. The maximum Gasteiger partial charge on any atom is 0.241 e. The summed E-state index contributed by atoms with van der Waals surface area (Å²) < 4.78 is 0. The SMILES string of the molecule is O=C(C1CC(C2CC2)NN1)N1CCN(Cc2ccncc2)CC1. The molecule has 124 valence electrons. The van der Waals surface area contributed by atoms with Gasteiger partial charge in [0, 0.05) is 51.2 Å². The van der Waals surface area contributed by atoms with Crippen molar-refractivity contribution in [2.45, 2.75) is 37.9 Å². The minimum Gasteiger partial charge on any atom is -0.339 e. The van der Waals surface area contributed by atoms with Crippen molar-refractivity contribution in [3.8, 4) is 0 Å². The van der Waals surface area contributed by atoms with Gasteiger partial charge in [0.2, 0.25) is 5.91 Å². The second-order valence-corrected chi connectivity index (χ2v) is 6.98. The number of amides is 1. The van der Waals surface area contributed by atoms with E-state index in [4.69, 9.17) is 0 Å². The molecule has 2 atom stereocenters. The van der Waals surface area contributed by atoms with Crippen molar-refractivity contribution in [3.05, 3.63) is 30.1 Å². The van der Waals surface area contributed by atoms with Gasteiger partial charge in [-0.2, -0.15) is 0 Å². The van der Waals surface area contributed by atoms with Gasteiger partial charge in [0.15, 0.2) is 0 Å². The van der Waals surface area contributed by atoms with E-state index in [0.29, 0.717) is 6.04 Å². The number of nitrogens with one attached hydrogen (secondary N) is 2. The molecule has 0 bridgehead atoms. The molecule has 1 aliphatic carbocycles. The van der Waals surface area contributed by atoms with Crippen LogP contribution < -0.4 is 10.9 Å². The fourth-order valence-electron chi connectivity index (χ4n) is 3.64. The van der Waals surface area contributed by atoms with Crippen LogP contribution in [0.1, 0.15) is 24.8 Å². The van der Waals surface area contributed by atoms with Crippen LogP contribution in [-0.2, 0) is 11.3 Å². The van der Waals surface area contributed by atoms with E-state index in [1.165, 1.54) is 18.4 Å². The maximum atomic E-state index is 12.7. The first-order valence-corrected chi connectivity index (χ1v) is 8.71. The van der Waals surface area contributed by atoms with Crippen molar-refractivity contribution in [3.63, 3.8) is 0 Å². The lowest BCUT2D eigenvalue weighted by molar-refractivity contribution is -0.135. The smallest absolute Gasteiger partial charge is 0.241 e. The lowest BCUT2D eigenvalue weighted by Crippen LogP contribution is -2.53. The number of aromatic nitrogens is 1. The number of pyridine rings is 1. The average Bonchev–Trinajstić information content (AvgIpc) is 3.33. The van der Waals surface area contributed by atoms with Crippen molar-refractivity contribution < 1.29 is 4.79 Å². The third-order valence-electron chi connectivity index (χ3n) is 5.26. The van der Waals surface area contributed by atoms with E-state index in [2.05, 4.69) is 32.9 Å². The second-order valence-electron chi connectivity index (χ2n) is 6.98. The molecule has 23 heavy (non-hydrogen) atoms. The topological polar surface area (TPSA) is 60.5 Å². The van der Waals surface area contributed by atoms with Crippen LogP contribution in [0.25, 0.3) is 0 Å². The second kappa shape index (κ2) is 6.55. The van der Waals surface area contributed by atoms with Gasteiger partial charge < -0.3 is 4.90 Å². The van der Waals surface area contributed by atoms with Crippen molar-refractivity contribution >= 4 is 5.91 Å². The third-order valence-corrected chi connectivity index (χ3v) is 5.26. The van der Waals surface area contributed by atoms with Gasteiger partial charge in [-0.05, 0) is 42.9 Å². The van der Waals surface area contributed by atoms with Gasteiger partial charge in [-0.3, -0.25) is 20.1 Å². The number of hydrazine groups is 1. The summed E-state index contributed by atoms with van der Waals surface area (Å²) in [5.74, 6) is 1.06. The Morgan fingerprint density at radius 3 is 2.57 bits per heavy atom. The Bertz CT molecular complexity index is 539. The largest absolute Gasteiger partial charge is 0.339 e. The summed E-state index contributed by atoms with van der Waals surface area (Å²) in [5, 5.41) is 0. The standard InChI is InChI=1S/C17H25N5O/c23-17(16-11-15(19-20-16)14-1-2-14)22-9-7-21(8-10-22)12-13-3-5-18-6-4-13/h3-6,14-16,19-20H,1-2,7-12H2. The van der Waals surface area contributed by atoms with E-state index >= 15 is 0 Å². The van der Waals surface area contributed by atoms with Crippen LogP contribution in [-0.4, -0.2) is 59.0 Å². The zero-order valence-electron chi connectivity index (χ0n) is 13.4. The van der Waals surface area contributed by atoms with Crippen molar-refractivity contribution in [2.24, 2.45) is 5.92 Å². The Hall–Kier alpha value is -1.50.